The van der Waals surface area contributed by atoms with Gasteiger partial charge in [0.15, 0.2) is 0 Å². The first-order chi connectivity index (χ1) is 7.27. The summed E-state index contributed by atoms with van der Waals surface area (Å²) in [5, 5.41) is 3.00. The molecule has 15 heavy (non-hydrogen) atoms. The zero-order chi connectivity index (χ0) is 11.1. The van der Waals surface area contributed by atoms with Crippen LogP contribution in [0.3, 0.4) is 0 Å². The Bertz CT molecular complexity index is 191. The van der Waals surface area contributed by atoms with E-state index in [0.29, 0.717) is 25.5 Å². The van der Waals surface area contributed by atoms with E-state index < -0.39 is 0 Å². The Kier molecular flexibility index (Phi) is 5.65. The van der Waals surface area contributed by atoms with Crippen molar-refractivity contribution < 1.29 is 9.53 Å². The number of methoxy groups -OCH3 is 1. The van der Waals surface area contributed by atoms with E-state index in [1.54, 1.807) is 7.11 Å². The Morgan fingerprint density at radius 3 is 2.73 bits per heavy atom. The number of rotatable bonds is 6. The van der Waals surface area contributed by atoms with E-state index in [4.69, 9.17) is 10.5 Å². The molecule has 1 saturated carbocycles. The van der Waals surface area contributed by atoms with E-state index in [1.807, 2.05) is 0 Å². The molecule has 1 rings (SSSR count). The van der Waals surface area contributed by atoms with Crippen LogP contribution in [0.15, 0.2) is 0 Å². The van der Waals surface area contributed by atoms with Gasteiger partial charge in [0.05, 0.1) is 6.61 Å². The van der Waals surface area contributed by atoms with Gasteiger partial charge >= 0.3 is 0 Å². The average Bonchev–Trinajstić information content (AvgIpc) is 2.76. The normalized spacial score (nSPS) is 19.1. The van der Waals surface area contributed by atoms with Crippen LogP contribution >= 0.6 is 0 Å². The number of amides is 1. The second kappa shape index (κ2) is 6.80. The summed E-state index contributed by atoms with van der Waals surface area (Å²) in [5.41, 5.74) is 5.68. The van der Waals surface area contributed by atoms with E-state index in [-0.39, 0.29) is 11.9 Å². The maximum absolute atomic E-state index is 11.5. The van der Waals surface area contributed by atoms with E-state index in [9.17, 15) is 4.79 Å². The summed E-state index contributed by atoms with van der Waals surface area (Å²) < 4.78 is 4.86. The Morgan fingerprint density at radius 2 is 2.20 bits per heavy atom. The smallest absolute Gasteiger partial charge is 0.222 e. The molecule has 0 aliphatic heterocycles. The molecule has 1 amide bonds. The van der Waals surface area contributed by atoms with Crippen molar-refractivity contribution in [2.75, 3.05) is 20.3 Å². The van der Waals surface area contributed by atoms with E-state index in [0.717, 1.165) is 0 Å². The highest BCUT2D eigenvalue weighted by Crippen LogP contribution is 2.27. The molecule has 0 aromatic carbocycles. The lowest BCUT2D eigenvalue weighted by Gasteiger charge is -2.23. The number of nitrogens with two attached hydrogens (primary N) is 1. The summed E-state index contributed by atoms with van der Waals surface area (Å²) in [6.45, 7) is 1.02. The number of carbonyl (C=O) groups excluding carboxylic acids is 1. The van der Waals surface area contributed by atoms with Crippen LogP contribution in [0.5, 0.6) is 0 Å². The minimum Gasteiger partial charge on any atom is -0.384 e. The molecule has 0 spiro atoms. The lowest BCUT2D eigenvalue weighted by molar-refractivity contribution is -0.123. The molecule has 3 N–H and O–H groups in total. The minimum atomic E-state index is 0.0548. The molecule has 0 saturated heterocycles. The summed E-state index contributed by atoms with van der Waals surface area (Å²) in [6.07, 6.45) is 5.38. The Morgan fingerprint density at radius 1 is 1.53 bits per heavy atom. The monoisotopic (exact) mass is 214 g/mol. The largest absolute Gasteiger partial charge is 0.384 e. The Hall–Kier alpha value is -0.610. The summed E-state index contributed by atoms with van der Waals surface area (Å²) in [5.74, 6) is 0.640. The predicted molar refractivity (Wildman–Crippen MR) is 59.4 cm³/mol. The summed E-state index contributed by atoms with van der Waals surface area (Å²) >= 11 is 0. The molecule has 1 aliphatic rings. The lowest BCUT2D eigenvalue weighted by Crippen LogP contribution is -2.44. The topological polar surface area (TPSA) is 64.3 Å². The van der Waals surface area contributed by atoms with Crippen LogP contribution in [0.2, 0.25) is 0 Å². The van der Waals surface area contributed by atoms with Crippen LogP contribution < -0.4 is 11.1 Å². The van der Waals surface area contributed by atoms with Gasteiger partial charge in [-0.2, -0.15) is 0 Å². The highest BCUT2D eigenvalue weighted by atomic mass is 16.5. The third kappa shape index (κ3) is 4.18. The van der Waals surface area contributed by atoms with Gasteiger partial charge in [-0.05, 0) is 18.8 Å². The zero-order valence-corrected chi connectivity index (χ0v) is 9.50. The van der Waals surface area contributed by atoms with Gasteiger partial charge in [0.1, 0.15) is 0 Å². The fraction of sp³-hybridized carbons (Fsp3) is 0.909. The van der Waals surface area contributed by atoms with Crippen LogP contribution in [0.1, 0.15) is 32.1 Å². The molecule has 0 aromatic heterocycles. The van der Waals surface area contributed by atoms with Crippen molar-refractivity contribution in [2.24, 2.45) is 11.7 Å². The number of ether oxygens (including phenoxy) is 1. The van der Waals surface area contributed by atoms with Gasteiger partial charge in [0.2, 0.25) is 5.91 Å². The first-order valence-corrected chi connectivity index (χ1v) is 5.76. The number of hydrogen-bond donors (Lipinski definition) is 2. The maximum Gasteiger partial charge on any atom is 0.222 e. The second-order valence-corrected chi connectivity index (χ2v) is 4.20. The molecular formula is C11H22N2O2. The summed E-state index contributed by atoms with van der Waals surface area (Å²) in [6, 6.07) is 0.164. The maximum atomic E-state index is 11.5. The number of carbonyl (C=O) groups is 1. The molecule has 0 aromatic rings. The van der Waals surface area contributed by atoms with Crippen LogP contribution in [-0.2, 0) is 9.53 Å². The molecular weight excluding hydrogens is 192 g/mol. The van der Waals surface area contributed by atoms with Gasteiger partial charge in [0.25, 0.3) is 0 Å². The molecule has 0 heterocycles. The van der Waals surface area contributed by atoms with Crippen molar-refractivity contribution >= 4 is 5.91 Å². The second-order valence-electron chi connectivity index (χ2n) is 4.20. The molecule has 1 unspecified atom stereocenters. The van der Waals surface area contributed by atoms with Crippen LogP contribution in [-0.4, -0.2) is 32.2 Å². The van der Waals surface area contributed by atoms with Gasteiger partial charge < -0.3 is 15.8 Å². The Balaban J connectivity index is 2.28. The van der Waals surface area contributed by atoms with Crippen LogP contribution in [0.25, 0.3) is 0 Å². The van der Waals surface area contributed by atoms with Gasteiger partial charge in [-0.1, -0.05) is 12.8 Å². The van der Waals surface area contributed by atoms with Gasteiger partial charge in [-0.3, -0.25) is 4.79 Å². The van der Waals surface area contributed by atoms with Crippen molar-refractivity contribution in [3.05, 3.63) is 0 Å². The predicted octanol–water partition coefficient (Wildman–Crippen LogP) is 0.657. The lowest BCUT2D eigenvalue weighted by atomic mass is 9.98. The summed E-state index contributed by atoms with van der Waals surface area (Å²) in [7, 11) is 1.60. The Labute approximate surface area is 91.5 Å². The van der Waals surface area contributed by atoms with Crippen molar-refractivity contribution in [1.29, 1.82) is 0 Å². The third-order valence-electron chi connectivity index (χ3n) is 3.10. The fourth-order valence-electron chi connectivity index (χ4n) is 2.20. The molecule has 0 radical (unpaired) electrons. The van der Waals surface area contributed by atoms with E-state index in [2.05, 4.69) is 5.32 Å². The molecule has 1 fully saturated rings. The van der Waals surface area contributed by atoms with Gasteiger partial charge in [-0.25, -0.2) is 0 Å². The van der Waals surface area contributed by atoms with Crippen molar-refractivity contribution in [3.63, 3.8) is 0 Å². The molecule has 88 valence electrons. The number of nitrogens with one attached hydrogen (secondary N) is 1. The van der Waals surface area contributed by atoms with Crippen molar-refractivity contribution in [1.82, 2.24) is 5.32 Å². The molecule has 4 nitrogen and oxygen atoms in total. The fourth-order valence-corrected chi connectivity index (χ4v) is 2.20. The quantitative estimate of drug-likeness (QED) is 0.682. The van der Waals surface area contributed by atoms with E-state index in [1.165, 1.54) is 25.7 Å². The van der Waals surface area contributed by atoms with E-state index >= 15 is 0 Å². The summed E-state index contributed by atoms with van der Waals surface area (Å²) in [4.78, 5) is 11.5. The number of hydrogen-bond acceptors (Lipinski definition) is 3. The molecule has 0 bridgehead atoms. The average molecular weight is 214 g/mol. The molecule has 4 heteroatoms. The van der Waals surface area contributed by atoms with Crippen LogP contribution in [0, 0.1) is 5.92 Å². The van der Waals surface area contributed by atoms with Crippen LogP contribution in [0.4, 0.5) is 0 Å². The van der Waals surface area contributed by atoms with Crippen molar-refractivity contribution in [2.45, 2.75) is 38.1 Å². The SMILES string of the molecule is COCCC(=O)NC(CN)C1CCCC1. The van der Waals surface area contributed by atoms with Crippen molar-refractivity contribution in [3.8, 4) is 0 Å². The first-order valence-electron chi connectivity index (χ1n) is 5.76. The first kappa shape index (κ1) is 12.5. The molecule has 1 atom stereocenters. The standard InChI is InChI=1S/C11H22N2O2/c1-15-7-6-11(14)13-10(8-12)9-4-2-3-5-9/h9-10H,2-8,12H2,1H3,(H,13,14). The zero-order valence-electron chi connectivity index (χ0n) is 9.50. The van der Waals surface area contributed by atoms with Gasteiger partial charge in [-0.15, -0.1) is 0 Å². The minimum absolute atomic E-state index is 0.0548. The van der Waals surface area contributed by atoms with Gasteiger partial charge in [0, 0.05) is 26.1 Å². The molecule has 1 aliphatic carbocycles. The highest BCUT2D eigenvalue weighted by molar-refractivity contribution is 5.76. The third-order valence-corrected chi connectivity index (χ3v) is 3.10. The highest BCUT2D eigenvalue weighted by Gasteiger charge is 2.24.